The number of aliphatic hydroxyl groups excluding tert-OH is 2. The molecule has 0 radical (unpaired) electrons. The first-order valence-corrected chi connectivity index (χ1v) is 9.52. The van der Waals surface area contributed by atoms with E-state index in [1.54, 1.807) is 32.3 Å². The number of carbonyl (C=O) groups excluding carboxylic acids is 2. The van der Waals surface area contributed by atoms with Gasteiger partial charge in [0.2, 0.25) is 17.8 Å². The summed E-state index contributed by atoms with van der Waals surface area (Å²) < 4.78 is 7.27. The van der Waals surface area contributed by atoms with Crippen LogP contribution < -0.4 is 10.6 Å². The van der Waals surface area contributed by atoms with Crippen molar-refractivity contribution in [2.75, 3.05) is 17.2 Å². The molecule has 11 nitrogen and oxygen atoms in total. The second kappa shape index (κ2) is 8.39. The molecule has 0 bridgehead atoms. The Labute approximate surface area is 167 Å². The van der Waals surface area contributed by atoms with Gasteiger partial charge in [0, 0.05) is 18.3 Å². The van der Waals surface area contributed by atoms with Crippen LogP contribution in [0.15, 0.2) is 6.33 Å². The molecule has 3 rings (SSSR count). The highest BCUT2D eigenvalue weighted by Gasteiger charge is 2.35. The molecule has 2 amide bonds. The third kappa shape index (κ3) is 4.36. The molecule has 2 unspecified atom stereocenters. The van der Waals surface area contributed by atoms with Gasteiger partial charge < -0.3 is 20.3 Å². The van der Waals surface area contributed by atoms with Crippen LogP contribution in [-0.2, 0) is 14.3 Å². The third-order valence-corrected chi connectivity index (χ3v) is 4.64. The van der Waals surface area contributed by atoms with Gasteiger partial charge in [0.15, 0.2) is 17.0 Å². The highest BCUT2D eigenvalue weighted by Crippen LogP contribution is 2.32. The summed E-state index contributed by atoms with van der Waals surface area (Å²) in [5, 5.41) is 24.7. The quantitative estimate of drug-likeness (QED) is 0.546. The Bertz CT molecular complexity index is 912. The minimum atomic E-state index is -0.829. The van der Waals surface area contributed by atoms with E-state index in [4.69, 9.17) is 4.74 Å². The van der Waals surface area contributed by atoms with E-state index >= 15 is 0 Å². The van der Waals surface area contributed by atoms with Crippen molar-refractivity contribution in [2.45, 2.75) is 52.6 Å². The third-order valence-electron chi connectivity index (χ3n) is 4.64. The minimum Gasteiger partial charge on any atom is -0.394 e. The van der Waals surface area contributed by atoms with Crippen LogP contribution in [0.3, 0.4) is 0 Å². The normalized spacial score (nSPS) is 21.9. The van der Waals surface area contributed by atoms with Crippen LogP contribution >= 0.6 is 0 Å². The van der Waals surface area contributed by atoms with Crippen molar-refractivity contribution in [3.05, 3.63) is 6.33 Å². The Balaban J connectivity index is 2.03. The Hall–Kier alpha value is -2.63. The van der Waals surface area contributed by atoms with E-state index in [2.05, 4.69) is 25.6 Å². The molecule has 0 aromatic carbocycles. The fourth-order valence-corrected chi connectivity index (χ4v) is 2.84. The van der Waals surface area contributed by atoms with Gasteiger partial charge >= 0.3 is 0 Å². The van der Waals surface area contributed by atoms with E-state index in [-0.39, 0.29) is 48.4 Å². The number of hydrogen-bond acceptors (Lipinski definition) is 8. The fourth-order valence-electron chi connectivity index (χ4n) is 2.84. The Morgan fingerprint density at radius 3 is 2.45 bits per heavy atom. The average Bonchev–Trinajstić information content (AvgIpc) is 3.24. The van der Waals surface area contributed by atoms with Crippen LogP contribution in [0.1, 0.15) is 40.3 Å². The monoisotopic (exact) mass is 406 g/mol. The lowest BCUT2D eigenvalue weighted by Crippen LogP contribution is -2.24. The van der Waals surface area contributed by atoms with Crippen molar-refractivity contribution in [2.24, 2.45) is 11.8 Å². The fraction of sp³-hybridized carbons (Fsp3) is 0.611. The SMILES string of the molecule is CC(C)C(=O)Nc1nc(NC(=O)C(C)C)c2ncn(C3C[C@@H](O)C(CO)O3)c2n1. The number of nitrogens with one attached hydrogen (secondary N) is 2. The molecule has 158 valence electrons. The summed E-state index contributed by atoms with van der Waals surface area (Å²) in [6.07, 6.45) is -0.439. The molecule has 0 spiro atoms. The van der Waals surface area contributed by atoms with Crippen LogP contribution in [-0.4, -0.2) is 60.4 Å². The van der Waals surface area contributed by atoms with E-state index in [1.807, 2.05) is 0 Å². The second-order valence-electron chi connectivity index (χ2n) is 7.62. The van der Waals surface area contributed by atoms with Gasteiger partial charge in [-0.25, -0.2) is 4.98 Å². The summed E-state index contributed by atoms with van der Waals surface area (Å²) in [6.45, 7) is 6.66. The van der Waals surface area contributed by atoms with Crippen molar-refractivity contribution < 1.29 is 24.5 Å². The molecule has 3 atom stereocenters. The number of fused-ring (bicyclic) bond motifs is 1. The molecule has 1 aliphatic heterocycles. The zero-order chi connectivity index (χ0) is 21.3. The first-order chi connectivity index (χ1) is 13.7. The first kappa shape index (κ1) is 21.1. The van der Waals surface area contributed by atoms with Gasteiger partial charge in [-0.2, -0.15) is 9.97 Å². The van der Waals surface area contributed by atoms with Crippen LogP contribution in [0.25, 0.3) is 11.2 Å². The number of aromatic nitrogens is 4. The van der Waals surface area contributed by atoms with E-state index in [0.29, 0.717) is 11.2 Å². The van der Waals surface area contributed by atoms with Gasteiger partial charge in [-0.1, -0.05) is 27.7 Å². The highest BCUT2D eigenvalue weighted by molar-refractivity contribution is 5.99. The van der Waals surface area contributed by atoms with Crippen LogP contribution in [0.2, 0.25) is 0 Å². The maximum atomic E-state index is 12.2. The number of anilines is 2. The predicted octanol–water partition coefficient (Wildman–Crippen LogP) is 0.656. The number of amides is 2. The number of carbonyl (C=O) groups is 2. The molecular weight excluding hydrogens is 380 g/mol. The van der Waals surface area contributed by atoms with E-state index in [9.17, 15) is 19.8 Å². The van der Waals surface area contributed by atoms with E-state index < -0.39 is 18.4 Å². The summed E-state index contributed by atoms with van der Waals surface area (Å²) in [5.41, 5.74) is 0.654. The number of nitrogens with zero attached hydrogens (tertiary/aromatic N) is 4. The van der Waals surface area contributed by atoms with Crippen LogP contribution in [0, 0.1) is 11.8 Å². The van der Waals surface area contributed by atoms with Gasteiger partial charge in [-0.05, 0) is 0 Å². The topological polar surface area (TPSA) is 151 Å². The molecule has 11 heteroatoms. The van der Waals surface area contributed by atoms with Crippen molar-refractivity contribution in [3.8, 4) is 0 Å². The molecule has 0 aliphatic carbocycles. The highest BCUT2D eigenvalue weighted by atomic mass is 16.5. The molecule has 29 heavy (non-hydrogen) atoms. The zero-order valence-corrected chi connectivity index (χ0v) is 16.8. The second-order valence-corrected chi connectivity index (χ2v) is 7.62. The zero-order valence-electron chi connectivity index (χ0n) is 16.8. The largest absolute Gasteiger partial charge is 0.394 e. The number of ether oxygens (including phenoxy) is 1. The number of rotatable bonds is 6. The van der Waals surface area contributed by atoms with Crippen LogP contribution in [0.5, 0.6) is 0 Å². The summed E-state index contributed by atoms with van der Waals surface area (Å²) in [7, 11) is 0. The lowest BCUT2D eigenvalue weighted by molar-refractivity contribution is -0.119. The molecule has 1 fully saturated rings. The average molecular weight is 406 g/mol. The molecule has 1 saturated heterocycles. The lowest BCUT2D eigenvalue weighted by Gasteiger charge is -2.15. The minimum absolute atomic E-state index is 0.0225. The standard InChI is InChI=1S/C18H26N6O5/c1-8(2)16(27)20-14-13-15(22-18(21-14)23-17(28)9(3)4)24(7-19-13)12-5-10(26)11(6-25)29-12/h7-12,25-26H,5-6H2,1-4H3,(H2,20,21,22,23,27,28)/t10-,11?,12?/m1/s1. The summed E-state index contributed by atoms with van der Waals surface area (Å²) in [6, 6.07) is 0. The van der Waals surface area contributed by atoms with Crippen LogP contribution in [0.4, 0.5) is 11.8 Å². The van der Waals surface area contributed by atoms with Gasteiger partial charge in [0.25, 0.3) is 0 Å². The van der Waals surface area contributed by atoms with Gasteiger partial charge in [0.05, 0.1) is 19.0 Å². The molecule has 1 aliphatic rings. The van der Waals surface area contributed by atoms with Crippen molar-refractivity contribution in [1.82, 2.24) is 19.5 Å². The molecule has 2 aromatic rings. The van der Waals surface area contributed by atoms with Gasteiger partial charge in [0.1, 0.15) is 12.3 Å². The molecule has 0 saturated carbocycles. The number of aliphatic hydroxyl groups is 2. The summed E-state index contributed by atoms with van der Waals surface area (Å²) >= 11 is 0. The molecule has 4 N–H and O–H groups in total. The van der Waals surface area contributed by atoms with Crippen molar-refractivity contribution in [1.29, 1.82) is 0 Å². The first-order valence-electron chi connectivity index (χ1n) is 9.52. The maximum absolute atomic E-state index is 12.2. The summed E-state index contributed by atoms with van der Waals surface area (Å²) in [4.78, 5) is 37.2. The molecular formula is C18H26N6O5. The molecule has 2 aromatic heterocycles. The number of hydrogen-bond donors (Lipinski definition) is 4. The lowest BCUT2D eigenvalue weighted by atomic mass is 10.2. The van der Waals surface area contributed by atoms with Gasteiger partial charge in [-0.3, -0.25) is 19.5 Å². The van der Waals surface area contributed by atoms with Gasteiger partial charge in [-0.15, -0.1) is 0 Å². The maximum Gasteiger partial charge on any atom is 0.233 e. The van der Waals surface area contributed by atoms with Crippen molar-refractivity contribution in [3.63, 3.8) is 0 Å². The Kier molecular flexibility index (Phi) is 6.10. The predicted molar refractivity (Wildman–Crippen MR) is 104 cm³/mol. The van der Waals surface area contributed by atoms with E-state index in [0.717, 1.165) is 0 Å². The number of imidazole rings is 1. The summed E-state index contributed by atoms with van der Waals surface area (Å²) in [5.74, 6) is -0.906. The van der Waals surface area contributed by atoms with E-state index in [1.165, 1.54) is 6.33 Å². The smallest absolute Gasteiger partial charge is 0.233 e. The van der Waals surface area contributed by atoms with Crippen molar-refractivity contribution >= 4 is 34.7 Å². The molecule has 3 heterocycles. The Morgan fingerprint density at radius 1 is 1.21 bits per heavy atom. The Morgan fingerprint density at radius 2 is 1.86 bits per heavy atom.